The van der Waals surface area contributed by atoms with Crippen LogP contribution in [-0.4, -0.2) is 54.4 Å². The summed E-state index contributed by atoms with van der Waals surface area (Å²) in [6.45, 7) is 5.10. The lowest BCUT2D eigenvalue weighted by Gasteiger charge is -2.06. The fourth-order valence-electron chi connectivity index (χ4n) is 2.07. The van der Waals surface area contributed by atoms with E-state index in [1.54, 1.807) is 23.9 Å². The zero-order chi connectivity index (χ0) is 15.8. The van der Waals surface area contributed by atoms with Crippen molar-refractivity contribution in [2.24, 2.45) is 0 Å². The fraction of sp³-hybridized carbons (Fsp3) is 0.533. The predicted octanol–water partition coefficient (Wildman–Crippen LogP) is 1.23. The molecule has 0 radical (unpaired) electrons. The van der Waals surface area contributed by atoms with Crippen molar-refractivity contribution in [2.45, 2.75) is 19.9 Å². The van der Waals surface area contributed by atoms with Gasteiger partial charge in [0.05, 0.1) is 18.7 Å². The molecule has 0 aliphatic heterocycles. The van der Waals surface area contributed by atoms with E-state index in [1.807, 2.05) is 13.0 Å². The Morgan fingerprint density at radius 1 is 1.32 bits per heavy atom. The van der Waals surface area contributed by atoms with Gasteiger partial charge in [0.2, 0.25) is 0 Å². The summed E-state index contributed by atoms with van der Waals surface area (Å²) in [7, 11) is 1.64. The zero-order valence-electron chi connectivity index (χ0n) is 13.0. The molecule has 1 N–H and O–H groups in total. The summed E-state index contributed by atoms with van der Waals surface area (Å²) >= 11 is 0. The van der Waals surface area contributed by atoms with E-state index in [0.29, 0.717) is 31.9 Å². The fourth-order valence-corrected chi connectivity index (χ4v) is 2.07. The lowest BCUT2D eigenvalue weighted by atomic mass is 10.2. The SMILES string of the molecule is CCn1nnc2cc(C(=O)NCCCOCCOC)ccc21. The topological polar surface area (TPSA) is 78.3 Å². The van der Waals surface area contributed by atoms with E-state index in [1.165, 1.54) is 0 Å². The second kappa shape index (κ2) is 8.45. The Kier molecular flexibility index (Phi) is 6.29. The van der Waals surface area contributed by atoms with Gasteiger partial charge < -0.3 is 14.8 Å². The minimum Gasteiger partial charge on any atom is -0.382 e. The van der Waals surface area contributed by atoms with Gasteiger partial charge in [-0.2, -0.15) is 0 Å². The number of amides is 1. The van der Waals surface area contributed by atoms with Crippen molar-refractivity contribution in [1.82, 2.24) is 20.3 Å². The molecule has 0 bridgehead atoms. The van der Waals surface area contributed by atoms with E-state index in [9.17, 15) is 4.79 Å². The van der Waals surface area contributed by atoms with E-state index in [0.717, 1.165) is 24.0 Å². The largest absolute Gasteiger partial charge is 0.382 e. The quantitative estimate of drug-likeness (QED) is 0.705. The number of aryl methyl sites for hydroxylation is 1. The van der Waals surface area contributed by atoms with Crippen LogP contribution in [0.4, 0.5) is 0 Å². The molecule has 0 aliphatic rings. The minimum atomic E-state index is -0.107. The number of benzene rings is 1. The van der Waals surface area contributed by atoms with Crippen molar-refractivity contribution in [2.75, 3.05) is 33.5 Å². The van der Waals surface area contributed by atoms with Gasteiger partial charge in [0.1, 0.15) is 5.52 Å². The van der Waals surface area contributed by atoms with Crippen molar-refractivity contribution >= 4 is 16.9 Å². The number of carbonyl (C=O) groups is 1. The van der Waals surface area contributed by atoms with E-state index < -0.39 is 0 Å². The van der Waals surface area contributed by atoms with Gasteiger partial charge >= 0.3 is 0 Å². The van der Waals surface area contributed by atoms with E-state index in [-0.39, 0.29) is 5.91 Å². The third-order valence-corrected chi connectivity index (χ3v) is 3.26. The van der Waals surface area contributed by atoms with Crippen LogP contribution in [0.3, 0.4) is 0 Å². The molecule has 0 fully saturated rings. The maximum atomic E-state index is 12.1. The van der Waals surface area contributed by atoms with Crippen LogP contribution in [0.1, 0.15) is 23.7 Å². The molecule has 1 amide bonds. The molecule has 0 saturated carbocycles. The van der Waals surface area contributed by atoms with Crippen LogP contribution in [0.25, 0.3) is 11.0 Å². The minimum absolute atomic E-state index is 0.107. The van der Waals surface area contributed by atoms with Gasteiger partial charge in [-0.05, 0) is 31.5 Å². The van der Waals surface area contributed by atoms with Crippen molar-refractivity contribution in [1.29, 1.82) is 0 Å². The molecule has 1 aromatic carbocycles. The number of ether oxygens (including phenoxy) is 2. The molecular weight excluding hydrogens is 284 g/mol. The summed E-state index contributed by atoms with van der Waals surface area (Å²) in [5.41, 5.74) is 2.26. The number of rotatable bonds is 9. The first-order chi connectivity index (χ1) is 10.8. The van der Waals surface area contributed by atoms with Gasteiger partial charge in [0, 0.05) is 32.4 Å². The van der Waals surface area contributed by atoms with Gasteiger partial charge in [-0.25, -0.2) is 4.68 Å². The van der Waals surface area contributed by atoms with E-state index >= 15 is 0 Å². The van der Waals surface area contributed by atoms with Crippen molar-refractivity contribution in [3.63, 3.8) is 0 Å². The molecule has 1 heterocycles. The average molecular weight is 306 g/mol. The molecule has 0 aliphatic carbocycles. The maximum Gasteiger partial charge on any atom is 0.251 e. The molecular formula is C15H22N4O3. The highest BCUT2D eigenvalue weighted by atomic mass is 16.5. The van der Waals surface area contributed by atoms with Crippen LogP contribution in [0.2, 0.25) is 0 Å². The Hall–Kier alpha value is -1.99. The van der Waals surface area contributed by atoms with Gasteiger partial charge in [-0.3, -0.25) is 4.79 Å². The van der Waals surface area contributed by atoms with Crippen LogP contribution < -0.4 is 5.32 Å². The third-order valence-electron chi connectivity index (χ3n) is 3.26. The van der Waals surface area contributed by atoms with Gasteiger partial charge in [-0.1, -0.05) is 5.21 Å². The highest BCUT2D eigenvalue weighted by Crippen LogP contribution is 2.13. The molecule has 0 atom stereocenters. The van der Waals surface area contributed by atoms with Crippen molar-refractivity contribution in [3.8, 4) is 0 Å². The number of methoxy groups -OCH3 is 1. The first-order valence-corrected chi connectivity index (χ1v) is 7.44. The molecule has 2 rings (SSSR count). The summed E-state index contributed by atoms with van der Waals surface area (Å²) in [6.07, 6.45) is 0.768. The Balaban J connectivity index is 1.80. The summed E-state index contributed by atoms with van der Waals surface area (Å²) in [6, 6.07) is 5.43. The zero-order valence-corrected chi connectivity index (χ0v) is 13.0. The summed E-state index contributed by atoms with van der Waals surface area (Å²) < 4.78 is 12.0. The number of fused-ring (bicyclic) bond motifs is 1. The Morgan fingerprint density at radius 2 is 2.18 bits per heavy atom. The molecule has 0 unspecified atom stereocenters. The van der Waals surface area contributed by atoms with E-state index in [2.05, 4.69) is 15.6 Å². The number of hydrogen-bond acceptors (Lipinski definition) is 5. The molecule has 2 aromatic rings. The van der Waals surface area contributed by atoms with E-state index in [4.69, 9.17) is 9.47 Å². The molecule has 7 heteroatoms. The van der Waals surface area contributed by atoms with Crippen LogP contribution >= 0.6 is 0 Å². The number of nitrogens with zero attached hydrogens (tertiary/aromatic N) is 3. The molecule has 0 saturated heterocycles. The molecule has 0 spiro atoms. The molecule has 7 nitrogen and oxygen atoms in total. The maximum absolute atomic E-state index is 12.1. The van der Waals surface area contributed by atoms with Gasteiger partial charge in [-0.15, -0.1) is 5.10 Å². The Bertz CT molecular complexity index is 612. The standard InChI is InChI=1S/C15H22N4O3/c1-3-19-14-6-5-12(11-13(14)17-18-19)15(20)16-7-4-8-22-10-9-21-2/h5-6,11H,3-4,7-10H2,1-2H3,(H,16,20). The molecule has 22 heavy (non-hydrogen) atoms. The second-order valence-corrected chi connectivity index (χ2v) is 4.82. The third kappa shape index (κ3) is 4.25. The van der Waals surface area contributed by atoms with Crippen molar-refractivity contribution in [3.05, 3.63) is 23.8 Å². The van der Waals surface area contributed by atoms with Crippen LogP contribution in [0, 0.1) is 0 Å². The number of aromatic nitrogens is 3. The number of hydrogen-bond donors (Lipinski definition) is 1. The smallest absolute Gasteiger partial charge is 0.251 e. The van der Waals surface area contributed by atoms with Crippen LogP contribution in [0.15, 0.2) is 18.2 Å². The van der Waals surface area contributed by atoms with Crippen LogP contribution in [0.5, 0.6) is 0 Å². The first-order valence-electron chi connectivity index (χ1n) is 7.44. The van der Waals surface area contributed by atoms with Gasteiger partial charge in [0.15, 0.2) is 0 Å². The van der Waals surface area contributed by atoms with Crippen molar-refractivity contribution < 1.29 is 14.3 Å². The lowest BCUT2D eigenvalue weighted by molar-refractivity contribution is 0.0688. The number of nitrogens with one attached hydrogen (secondary N) is 1. The number of carbonyl (C=O) groups excluding carboxylic acids is 1. The highest BCUT2D eigenvalue weighted by Gasteiger charge is 2.09. The average Bonchev–Trinajstić information content (AvgIpc) is 2.96. The summed E-state index contributed by atoms with van der Waals surface area (Å²) in [5.74, 6) is -0.107. The summed E-state index contributed by atoms with van der Waals surface area (Å²) in [5, 5.41) is 11.0. The Morgan fingerprint density at radius 3 is 2.95 bits per heavy atom. The molecule has 120 valence electrons. The Labute approximate surface area is 129 Å². The summed E-state index contributed by atoms with van der Waals surface area (Å²) in [4.78, 5) is 12.1. The molecule has 1 aromatic heterocycles. The monoisotopic (exact) mass is 306 g/mol. The highest BCUT2D eigenvalue weighted by molar-refractivity contribution is 5.97. The second-order valence-electron chi connectivity index (χ2n) is 4.82. The normalized spacial score (nSPS) is 11.0. The lowest BCUT2D eigenvalue weighted by Crippen LogP contribution is -2.25. The first kappa shape index (κ1) is 16.4. The van der Waals surface area contributed by atoms with Crippen LogP contribution in [-0.2, 0) is 16.0 Å². The predicted molar refractivity (Wildman–Crippen MR) is 82.8 cm³/mol. The van der Waals surface area contributed by atoms with Gasteiger partial charge in [0.25, 0.3) is 5.91 Å².